The minimum absolute atomic E-state index is 0.0565. The van der Waals surface area contributed by atoms with Crippen LogP contribution < -0.4 is 11.1 Å². The summed E-state index contributed by atoms with van der Waals surface area (Å²) in [4.78, 5) is 19.9. The monoisotopic (exact) mass is 234 g/mol. The zero-order valence-corrected chi connectivity index (χ0v) is 9.80. The molecule has 1 aromatic rings. The predicted octanol–water partition coefficient (Wildman–Crippen LogP) is 1.18. The Kier molecular flexibility index (Phi) is 4.03. The van der Waals surface area contributed by atoms with E-state index in [0.29, 0.717) is 11.7 Å². The molecule has 1 amide bonds. The fourth-order valence-electron chi connectivity index (χ4n) is 2.25. The third-order valence-corrected chi connectivity index (χ3v) is 3.37. The lowest BCUT2D eigenvalue weighted by atomic mass is 9.81. The van der Waals surface area contributed by atoms with Crippen molar-refractivity contribution in [1.82, 2.24) is 9.97 Å². The Morgan fingerprint density at radius 1 is 1.35 bits per heavy atom. The average molecular weight is 234 g/mol. The number of hydrogen-bond donors (Lipinski definition) is 2. The third kappa shape index (κ3) is 3.23. The van der Waals surface area contributed by atoms with E-state index in [-0.39, 0.29) is 11.8 Å². The Hall–Kier alpha value is -1.49. The zero-order valence-electron chi connectivity index (χ0n) is 9.80. The van der Waals surface area contributed by atoms with Crippen LogP contribution in [0.15, 0.2) is 18.6 Å². The van der Waals surface area contributed by atoms with Crippen LogP contribution >= 0.6 is 0 Å². The van der Waals surface area contributed by atoms with Gasteiger partial charge in [-0.3, -0.25) is 9.78 Å². The van der Waals surface area contributed by atoms with E-state index in [1.54, 1.807) is 18.6 Å². The second kappa shape index (κ2) is 5.72. The highest BCUT2D eigenvalue weighted by Crippen LogP contribution is 2.28. The Morgan fingerprint density at radius 3 is 2.71 bits per heavy atom. The van der Waals surface area contributed by atoms with Gasteiger partial charge in [0.2, 0.25) is 5.91 Å². The summed E-state index contributed by atoms with van der Waals surface area (Å²) in [6.45, 7) is 0.735. The van der Waals surface area contributed by atoms with Gasteiger partial charge in [0.15, 0.2) is 5.82 Å². The van der Waals surface area contributed by atoms with Crippen molar-refractivity contribution in [3.05, 3.63) is 18.6 Å². The maximum Gasteiger partial charge on any atom is 0.228 e. The molecule has 1 aliphatic rings. The summed E-state index contributed by atoms with van der Waals surface area (Å²) in [5, 5.41) is 2.80. The van der Waals surface area contributed by atoms with Gasteiger partial charge in [0, 0.05) is 18.3 Å². The lowest BCUT2D eigenvalue weighted by Gasteiger charge is -2.26. The number of carbonyl (C=O) groups excluding carboxylic acids is 1. The number of hydrogen-bond acceptors (Lipinski definition) is 4. The van der Waals surface area contributed by atoms with E-state index in [9.17, 15) is 4.79 Å². The van der Waals surface area contributed by atoms with Crippen LogP contribution in [0.25, 0.3) is 0 Å². The molecular formula is C12H18N4O. The molecule has 0 unspecified atom stereocenters. The summed E-state index contributed by atoms with van der Waals surface area (Å²) in [5.74, 6) is 1.27. The molecule has 0 aliphatic heterocycles. The van der Waals surface area contributed by atoms with Crippen LogP contribution in [-0.2, 0) is 4.79 Å². The van der Waals surface area contributed by atoms with E-state index in [1.165, 1.54) is 0 Å². The van der Waals surface area contributed by atoms with Gasteiger partial charge in [0.05, 0.1) is 6.20 Å². The molecular weight excluding hydrogens is 216 g/mol. The van der Waals surface area contributed by atoms with Gasteiger partial charge in [-0.2, -0.15) is 0 Å². The highest BCUT2D eigenvalue weighted by molar-refractivity contribution is 5.91. The summed E-state index contributed by atoms with van der Waals surface area (Å²) in [7, 11) is 0. The summed E-state index contributed by atoms with van der Waals surface area (Å²) in [6, 6.07) is 0. The first kappa shape index (κ1) is 12.0. The van der Waals surface area contributed by atoms with Gasteiger partial charge in [-0.15, -0.1) is 0 Å². The highest BCUT2D eigenvalue weighted by atomic mass is 16.1. The molecule has 0 saturated heterocycles. The van der Waals surface area contributed by atoms with Crippen molar-refractivity contribution in [3.63, 3.8) is 0 Å². The SMILES string of the molecule is NCC1CCC(C(=O)Nc2cnccn2)CC1. The molecule has 0 radical (unpaired) electrons. The molecule has 17 heavy (non-hydrogen) atoms. The van der Waals surface area contributed by atoms with Gasteiger partial charge in [-0.25, -0.2) is 4.98 Å². The Labute approximate surface area is 101 Å². The van der Waals surface area contributed by atoms with E-state index in [1.807, 2.05) is 0 Å². The molecule has 0 bridgehead atoms. The van der Waals surface area contributed by atoms with E-state index in [2.05, 4.69) is 15.3 Å². The average Bonchev–Trinajstić information content (AvgIpc) is 2.40. The number of aromatic nitrogens is 2. The molecule has 1 saturated carbocycles. The fraction of sp³-hybridized carbons (Fsp3) is 0.583. The summed E-state index contributed by atoms with van der Waals surface area (Å²) >= 11 is 0. The van der Waals surface area contributed by atoms with E-state index >= 15 is 0 Å². The van der Waals surface area contributed by atoms with Crippen molar-refractivity contribution in [3.8, 4) is 0 Å². The van der Waals surface area contributed by atoms with Gasteiger partial charge in [-0.05, 0) is 38.1 Å². The second-order valence-electron chi connectivity index (χ2n) is 4.53. The van der Waals surface area contributed by atoms with E-state index in [0.717, 1.165) is 32.2 Å². The maximum atomic E-state index is 12.0. The van der Waals surface area contributed by atoms with Crippen molar-refractivity contribution in [2.24, 2.45) is 17.6 Å². The number of carbonyl (C=O) groups is 1. The maximum absolute atomic E-state index is 12.0. The van der Waals surface area contributed by atoms with Crippen molar-refractivity contribution in [1.29, 1.82) is 0 Å². The van der Waals surface area contributed by atoms with Crippen LogP contribution in [0.1, 0.15) is 25.7 Å². The van der Waals surface area contributed by atoms with Gasteiger partial charge in [0.1, 0.15) is 0 Å². The zero-order chi connectivity index (χ0) is 12.1. The number of amides is 1. The topological polar surface area (TPSA) is 80.9 Å². The molecule has 2 rings (SSSR count). The van der Waals surface area contributed by atoms with E-state index < -0.39 is 0 Å². The molecule has 1 aromatic heterocycles. The fourth-order valence-corrected chi connectivity index (χ4v) is 2.25. The molecule has 92 valence electrons. The Balaban J connectivity index is 1.85. The van der Waals surface area contributed by atoms with Gasteiger partial charge in [-0.1, -0.05) is 0 Å². The summed E-state index contributed by atoms with van der Waals surface area (Å²) in [5.41, 5.74) is 5.63. The predicted molar refractivity (Wildman–Crippen MR) is 65.2 cm³/mol. The quantitative estimate of drug-likeness (QED) is 0.823. The van der Waals surface area contributed by atoms with Crippen molar-refractivity contribution >= 4 is 11.7 Å². The second-order valence-corrected chi connectivity index (χ2v) is 4.53. The van der Waals surface area contributed by atoms with Crippen LogP contribution in [0.4, 0.5) is 5.82 Å². The molecule has 1 fully saturated rings. The minimum atomic E-state index is 0.0565. The molecule has 5 heteroatoms. The number of nitrogens with two attached hydrogens (primary N) is 1. The van der Waals surface area contributed by atoms with Gasteiger partial charge in [0.25, 0.3) is 0 Å². The molecule has 0 aromatic carbocycles. The largest absolute Gasteiger partial charge is 0.330 e. The Morgan fingerprint density at radius 2 is 2.12 bits per heavy atom. The molecule has 3 N–H and O–H groups in total. The summed E-state index contributed by atoms with van der Waals surface area (Å²) < 4.78 is 0. The minimum Gasteiger partial charge on any atom is -0.330 e. The van der Waals surface area contributed by atoms with Crippen molar-refractivity contribution < 1.29 is 4.79 Å². The molecule has 1 aliphatic carbocycles. The number of rotatable bonds is 3. The first-order chi connectivity index (χ1) is 8.29. The van der Waals surface area contributed by atoms with Crippen LogP contribution in [0.2, 0.25) is 0 Å². The van der Waals surface area contributed by atoms with Gasteiger partial charge < -0.3 is 11.1 Å². The number of nitrogens with one attached hydrogen (secondary N) is 1. The van der Waals surface area contributed by atoms with Gasteiger partial charge >= 0.3 is 0 Å². The molecule has 1 heterocycles. The van der Waals surface area contributed by atoms with Crippen LogP contribution in [0.3, 0.4) is 0 Å². The first-order valence-electron chi connectivity index (χ1n) is 6.06. The smallest absolute Gasteiger partial charge is 0.228 e. The van der Waals surface area contributed by atoms with Crippen LogP contribution in [-0.4, -0.2) is 22.4 Å². The molecule has 0 spiro atoms. The lowest BCUT2D eigenvalue weighted by Crippen LogP contribution is -2.29. The normalized spacial score (nSPS) is 24.3. The highest BCUT2D eigenvalue weighted by Gasteiger charge is 2.25. The molecule has 0 atom stereocenters. The summed E-state index contributed by atoms with van der Waals surface area (Å²) in [6.07, 6.45) is 8.67. The van der Waals surface area contributed by atoms with Crippen molar-refractivity contribution in [2.45, 2.75) is 25.7 Å². The van der Waals surface area contributed by atoms with Crippen LogP contribution in [0, 0.1) is 11.8 Å². The standard InChI is InChI=1S/C12H18N4O/c13-7-9-1-3-10(4-2-9)12(17)16-11-8-14-5-6-15-11/h5-6,8-10H,1-4,7,13H2,(H,15,16,17). The van der Waals surface area contributed by atoms with Crippen LogP contribution in [0.5, 0.6) is 0 Å². The van der Waals surface area contributed by atoms with E-state index in [4.69, 9.17) is 5.73 Å². The third-order valence-electron chi connectivity index (χ3n) is 3.37. The number of nitrogens with zero attached hydrogens (tertiary/aromatic N) is 2. The number of anilines is 1. The first-order valence-corrected chi connectivity index (χ1v) is 6.06. The van der Waals surface area contributed by atoms with Crippen molar-refractivity contribution in [2.75, 3.05) is 11.9 Å². The lowest BCUT2D eigenvalue weighted by molar-refractivity contribution is -0.121. The Bertz CT molecular complexity index is 360. The molecule has 5 nitrogen and oxygen atoms in total.